The third-order valence-corrected chi connectivity index (χ3v) is 10.2. The molecular formula is C45H29N3. The Morgan fingerprint density at radius 3 is 1.90 bits per heavy atom. The number of benzene rings is 6. The van der Waals surface area contributed by atoms with Crippen LogP contribution in [0.1, 0.15) is 22.3 Å². The van der Waals surface area contributed by atoms with Gasteiger partial charge in [0.15, 0.2) is 0 Å². The molecule has 0 saturated carbocycles. The number of rotatable bonds is 4. The predicted octanol–water partition coefficient (Wildman–Crippen LogP) is 11.1. The average Bonchev–Trinajstić information content (AvgIpc) is 3.46. The van der Waals surface area contributed by atoms with Crippen LogP contribution in [0.5, 0.6) is 0 Å². The lowest BCUT2D eigenvalue weighted by Gasteiger charge is -2.37. The fraction of sp³-hybridized carbons (Fsp3) is 0.0222. The van der Waals surface area contributed by atoms with E-state index in [1.165, 1.54) is 55.3 Å². The number of pyridine rings is 2. The lowest BCUT2D eigenvalue weighted by molar-refractivity contribution is 0.768. The van der Waals surface area contributed by atoms with Crippen LogP contribution in [-0.4, -0.2) is 9.97 Å². The first kappa shape index (κ1) is 26.9. The standard InChI is InChI=1S/C45H29N3/c1-3-15-32(16-4-1)45(33-17-5-2-6-18-33)38-21-8-7-19-34(38)36-27-37-35-20-11-13-30-14-12-23-41(44(30)35)48(42(37)28-39(36)45)43-25-24-31(29-47-43)40-22-9-10-26-46-40/h1-29H. The maximum atomic E-state index is 5.11. The Kier molecular flexibility index (Phi) is 5.79. The SMILES string of the molecule is c1ccc(C2(c3ccccc3)c3ccccc3-c3cc4c(cc32)N(c2ccc(-c3ccccn3)cn2)c2cccc3cccc-4c23)cc1. The van der Waals surface area contributed by atoms with Crippen molar-refractivity contribution in [2.75, 3.05) is 4.90 Å². The molecule has 48 heavy (non-hydrogen) atoms. The minimum atomic E-state index is -0.492. The zero-order chi connectivity index (χ0) is 31.7. The Bertz CT molecular complexity index is 2440. The average molecular weight is 612 g/mol. The van der Waals surface area contributed by atoms with Gasteiger partial charge in [0.1, 0.15) is 5.82 Å². The van der Waals surface area contributed by atoms with E-state index in [2.05, 4.69) is 155 Å². The van der Waals surface area contributed by atoms with E-state index in [0.29, 0.717) is 0 Å². The van der Waals surface area contributed by atoms with Crippen LogP contribution in [0.4, 0.5) is 17.2 Å². The molecular weight excluding hydrogens is 583 g/mol. The molecule has 1 aliphatic carbocycles. The molecule has 0 atom stereocenters. The molecule has 0 unspecified atom stereocenters. The molecule has 6 aromatic carbocycles. The van der Waals surface area contributed by atoms with Crippen molar-refractivity contribution in [2.24, 2.45) is 0 Å². The molecule has 10 rings (SSSR count). The highest BCUT2D eigenvalue weighted by molar-refractivity contribution is 6.14. The molecule has 0 bridgehead atoms. The quantitative estimate of drug-likeness (QED) is 0.198. The summed E-state index contributed by atoms with van der Waals surface area (Å²) in [6.07, 6.45) is 3.77. The van der Waals surface area contributed by atoms with Crippen LogP contribution in [0.3, 0.4) is 0 Å². The first-order chi connectivity index (χ1) is 23.8. The highest BCUT2D eigenvalue weighted by Gasteiger charge is 2.47. The van der Waals surface area contributed by atoms with Crippen molar-refractivity contribution in [3.63, 3.8) is 0 Å². The highest BCUT2D eigenvalue weighted by Crippen LogP contribution is 2.60. The van der Waals surface area contributed by atoms with Crippen LogP contribution in [0, 0.1) is 0 Å². The number of nitrogens with zero attached hydrogens (tertiary/aromatic N) is 3. The molecule has 3 heteroatoms. The Hall–Kier alpha value is -6.32. The van der Waals surface area contributed by atoms with Gasteiger partial charge in [-0.3, -0.25) is 9.88 Å². The van der Waals surface area contributed by atoms with Crippen LogP contribution < -0.4 is 4.90 Å². The summed E-state index contributed by atoms with van der Waals surface area (Å²) in [6, 6.07) is 59.3. The molecule has 2 aliphatic rings. The van der Waals surface area contributed by atoms with Crippen LogP contribution in [0.25, 0.3) is 44.3 Å². The summed E-state index contributed by atoms with van der Waals surface area (Å²) in [5, 5.41) is 2.46. The van der Waals surface area contributed by atoms with Gasteiger partial charge in [-0.15, -0.1) is 0 Å². The van der Waals surface area contributed by atoms with E-state index in [0.717, 1.165) is 28.5 Å². The molecule has 0 radical (unpaired) electrons. The maximum Gasteiger partial charge on any atom is 0.137 e. The number of anilines is 3. The molecule has 224 valence electrons. The van der Waals surface area contributed by atoms with Gasteiger partial charge < -0.3 is 0 Å². The summed E-state index contributed by atoms with van der Waals surface area (Å²) in [4.78, 5) is 12.0. The summed E-state index contributed by atoms with van der Waals surface area (Å²) in [5.74, 6) is 0.874. The lowest BCUT2D eigenvalue weighted by atomic mass is 9.67. The van der Waals surface area contributed by atoms with Crippen molar-refractivity contribution in [2.45, 2.75) is 5.41 Å². The number of hydrogen-bond donors (Lipinski definition) is 0. The van der Waals surface area contributed by atoms with Gasteiger partial charge >= 0.3 is 0 Å². The summed E-state index contributed by atoms with van der Waals surface area (Å²) < 4.78 is 0. The normalized spacial score (nSPS) is 13.5. The molecule has 8 aromatic rings. The fourth-order valence-electron chi connectivity index (χ4n) is 8.19. The van der Waals surface area contributed by atoms with Crippen LogP contribution in [0.2, 0.25) is 0 Å². The number of aromatic nitrogens is 2. The predicted molar refractivity (Wildman–Crippen MR) is 196 cm³/mol. The van der Waals surface area contributed by atoms with Gasteiger partial charge in [-0.25, -0.2) is 4.98 Å². The zero-order valence-electron chi connectivity index (χ0n) is 26.1. The Balaban J connectivity index is 1.30. The molecule has 0 saturated heterocycles. The third kappa shape index (κ3) is 3.70. The third-order valence-electron chi connectivity index (χ3n) is 10.2. The van der Waals surface area contributed by atoms with Crippen molar-refractivity contribution < 1.29 is 0 Å². The van der Waals surface area contributed by atoms with Gasteiger partial charge in [-0.05, 0) is 86.8 Å². The van der Waals surface area contributed by atoms with Gasteiger partial charge in [0.2, 0.25) is 0 Å². The van der Waals surface area contributed by atoms with Crippen molar-refractivity contribution in [1.29, 1.82) is 0 Å². The molecule has 3 heterocycles. The van der Waals surface area contributed by atoms with E-state index >= 15 is 0 Å². The minimum Gasteiger partial charge on any atom is -0.294 e. The lowest BCUT2D eigenvalue weighted by Crippen LogP contribution is -2.29. The monoisotopic (exact) mass is 611 g/mol. The first-order valence-corrected chi connectivity index (χ1v) is 16.4. The van der Waals surface area contributed by atoms with E-state index in [4.69, 9.17) is 4.98 Å². The second-order valence-corrected chi connectivity index (χ2v) is 12.6. The number of fused-ring (bicyclic) bond motifs is 5. The van der Waals surface area contributed by atoms with E-state index in [9.17, 15) is 0 Å². The number of hydrogen-bond acceptors (Lipinski definition) is 3. The Morgan fingerprint density at radius 2 is 1.17 bits per heavy atom. The summed E-state index contributed by atoms with van der Waals surface area (Å²) in [6.45, 7) is 0. The van der Waals surface area contributed by atoms with Crippen LogP contribution in [-0.2, 0) is 5.41 Å². The van der Waals surface area contributed by atoms with E-state index in [1.54, 1.807) is 0 Å². The van der Waals surface area contributed by atoms with Gasteiger partial charge in [0, 0.05) is 28.9 Å². The highest BCUT2D eigenvalue weighted by atomic mass is 15.2. The van der Waals surface area contributed by atoms with E-state index in [1.807, 2.05) is 30.6 Å². The maximum absolute atomic E-state index is 5.11. The summed E-state index contributed by atoms with van der Waals surface area (Å²) in [5.41, 5.74) is 13.8. The van der Waals surface area contributed by atoms with Crippen LogP contribution >= 0.6 is 0 Å². The Morgan fingerprint density at radius 1 is 0.458 bits per heavy atom. The van der Waals surface area contributed by atoms with E-state index in [-0.39, 0.29) is 0 Å². The first-order valence-electron chi connectivity index (χ1n) is 16.4. The molecule has 0 spiro atoms. The molecule has 2 aromatic heterocycles. The molecule has 1 aliphatic heterocycles. The van der Waals surface area contributed by atoms with Crippen molar-refractivity contribution in [3.05, 3.63) is 198 Å². The van der Waals surface area contributed by atoms with Crippen LogP contribution in [0.15, 0.2) is 176 Å². The van der Waals surface area contributed by atoms with Gasteiger partial charge in [0.05, 0.1) is 22.5 Å². The summed E-state index contributed by atoms with van der Waals surface area (Å²) >= 11 is 0. The van der Waals surface area contributed by atoms with Crippen molar-refractivity contribution in [3.8, 4) is 33.5 Å². The summed E-state index contributed by atoms with van der Waals surface area (Å²) in [7, 11) is 0. The smallest absolute Gasteiger partial charge is 0.137 e. The minimum absolute atomic E-state index is 0.492. The Labute approximate surface area is 279 Å². The molecule has 0 amide bonds. The molecule has 0 fully saturated rings. The van der Waals surface area contributed by atoms with Gasteiger partial charge in [-0.2, -0.15) is 0 Å². The van der Waals surface area contributed by atoms with E-state index < -0.39 is 5.41 Å². The van der Waals surface area contributed by atoms with Crippen molar-refractivity contribution >= 4 is 28.0 Å². The molecule has 3 nitrogen and oxygen atoms in total. The zero-order valence-corrected chi connectivity index (χ0v) is 26.1. The molecule has 0 N–H and O–H groups in total. The fourth-order valence-corrected chi connectivity index (χ4v) is 8.19. The topological polar surface area (TPSA) is 29.0 Å². The largest absolute Gasteiger partial charge is 0.294 e. The second-order valence-electron chi connectivity index (χ2n) is 12.6. The second kappa shape index (κ2) is 10.3. The van der Waals surface area contributed by atoms with Gasteiger partial charge in [-0.1, -0.05) is 121 Å². The van der Waals surface area contributed by atoms with Crippen molar-refractivity contribution in [1.82, 2.24) is 9.97 Å². The van der Waals surface area contributed by atoms with Gasteiger partial charge in [0.25, 0.3) is 0 Å².